The molecule has 0 spiro atoms. The van der Waals surface area contributed by atoms with Gasteiger partial charge in [0, 0.05) is 22.2 Å². The fourth-order valence-electron chi connectivity index (χ4n) is 3.27. The summed E-state index contributed by atoms with van der Waals surface area (Å²) < 4.78 is 6.20. The molecule has 1 aromatic carbocycles. The number of carbonyl (C=O) groups excluding carboxylic acids is 1. The normalized spacial score (nSPS) is 13.5. The van der Waals surface area contributed by atoms with E-state index in [9.17, 15) is 9.59 Å². The SMILES string of the molecule is CCOC(=O)N1CCc2c(sc3nc(SCc4ccccc4Cl)n(N)c(=O)c23)C1. The summed E-state index contributed by atoms with van der Waals surface area (Å²) in [6, 6.07) is 7.54. The lowest BCUT2D eigenvalue weighted by atomic mass is 10.1. The van der Waals surface area contributed by atoms with E-state index in [-0.39, 0.29) is 11.7 Å². The van der Waals surface area contributed by atoms with E-state index in [1.54, 1.807) is 11.8 Å². The number of halogens is 1. The Morgan fingerprint density at radius 3 is 2.97 bits per heavy atom. The van der Waals surface area contributed by atoms with Crippen LogP contribution in [0, 0.1) is 0 Å². The highest BCUT2D eigenvalue weighted by molar-refractivity contribution is 7.98. The van der Waals surface area contributed by atoms with E-state index in [0.29, 0.717) is 52.3 Å². The first kappa shape index (κ1) is 20.1. The molecule has 0 atom stereocenters. The Bertz CT molecular complexity index is 1140. The third-order valence-electron chi connectivity index (χ3n) is 4.71. The van der Waals surface area contributed by atoms with E-state index in [0.717, 1.165) is 20.7 Å². The van der Waals surface area contributed by atoms with Gasteiger partial charge in [0.15, 0.2) is 5.16 Å². The van der Waals surface area contributed by atoms with Gasteiger partial charge in [0.1, 0.15) is 4.83 Å². The van der Waals surface area contributed by atoms with Gasteiger partial charge in [-0.05, 0) is 30.5 Å². The van der Waals surface area contributed by atoms with Gasteiger partial charge < -0.3 is 15.5 Å². The fraction of sp³-hybridized carbons (Fsp3) is 0.316. The smallest absolute Gasteiger partial charge is 0.410 e. The second-order valence-electron chi connectivity index (χ2n) is 6.50. The molecule has 152 valence electrons. The number of hydrogen-bond acceptors (Lipinski definition) is 7. The molecule has 0 saturated heterocycles. The second-order valence-corrected chi connectivity index (χ2v) is 8.94. The first-order valence-electron chi connectivity index (χ1n) is 9.09. The number of thiophene rings is 1. The van der Waals surface area contributed by atoms with Crippen molar-refractivity contribution in [3.8, 4) is 0 Å². The van der Waals surface area contributed by atoms with Crippen LogP contribution >= 0.6 is 34.7 Å². The Hall–Kier alpha value is -2.23. The van der Waals surface area contributed by atoms with Crippen molar-refractivity contribution in [2.24, 2.45) is 0 Å². The van der Waals surface area contributed by atoms with Crippen LogP contribution in [0.1, 0.15) is 22.9 Å². The summed E-state index contributed by atoms with van der Waals surface area (Å²) >= 11 is 9.01. The number of rotatable bonds is 4. The average Bonchev–Trinajstić information content (AvgIpc) is 3.08. The molecule has 0 unspecified atom stereocenters. The quantitative estimate of drug-likeness (QED) is 0.371. The molecule has 0 saturated carbocycles. The Morgan fingerprint density at radius 2 is 2.21 bits per heavy atom. The zero-order valence-corrected chi connectivity index (χ0v) is 18.1. The van der Waals surface area contributed by atoms with E-state index in [1.165, 1.54) is 23.1 Å². The van der Waals surface area contributed by atoms with Crippen molar-refractivity contribution in [3.63, 3.8) is 0 Å². The summed E-state index contributed by atoms with van der Waals surface area (Å²) in [5.41, 5.74) is 1.62. The van der Waals surface area contributed by atoms with Crippen molar-refractivity contribution in [3.05, 3.63) is 55.6 Å². The number of ether oxygens (including phenoxy) is 1. The van der Waals surface area contributed by atoms with E-state index in [4.69, 9.17) is 22.2 Å². The van der Waals surface area contributed by atoms with Gasteiger partial charge in [-0.3, -0.25) is 4.79 Å². The van der Waals surface area contributed by atoms with Crippen molar-refractivity contribution in [2.75, 3.05) is 19.0 Å². The Kier molecular flexibility index (Phi) is 5.71. The molecule has 0 radical (unpaired) electrons. The minimum atomic E-state index is -0.337. The highest BCUT2D eigenvalue weighted by Gasteiger charge is 2.27. The zero-order valence-electron chi connectivity index (χ0n) is 15.7. The lowest BCUT2D eigenvalue weighted by molar-refractivity contribution is 0.103. The lowest BCUT2D eigenvalue weighted by Crippen LogP contribution is -2.36. The van der Waals surface area contributed by atoms with Crippen LogP contribution in [-0.4, -0.2) is 33.8 Å². The van der Waals surface area contributed by atoms with Gasteiger partial charge in [0.25, 0.3) is 5.56 Å². The van der Waals surface area contributed by atoms with E-state index in [2.05, 4.69) is 4.98 Å². The topological polar surface area (TPSA) is 90.4 Å². The number of aromatic nitrogens is 2. The van der Waals surface area contributed by atoms with Crippen LogP contribution in [0.25, 0.3) is 10.2 Å². The molecule has 0 fully saturated rings. The van der Waals surface area contributed by atoms with Crippen LogP contribution in [-0.2, 0) is 23.5 Å². The minimum absolute atomic E-state index is 0.265. The Balaban J connectivity index is 1.65. The number of thioether (sulfide) groups is 1. The molecule has 3 aromatic rings. The largest absolute Gasteiger partial charge is 0.450 e. The van der Waals surface area contributed by atoms with Gasteiger partial charge in [0.2, 0.25) is 0 Å². The first-order chi connectivity index (χ1) is 14.0. The number of nitrogens with zero attached hydrogens (tertiary/aromatic N) is 3. The summed E-state index contributed by atoms with van der Waals surface area (Å²) in [4.78, 5) is 32.9. The summed E-state index contributed by atoms with van der Waals surface area (Å²) in [6.07, 6.45) is 0.243. The van der Waals surface area contributed by atoms with Crippen molar-refractivity contribution < 1.29 is 9.53 Å². The lowest BCUT2D eigenvalue weighted by Gasteiger charge is -2.25. The average molecular weight is 451 g/mol. The molecule has 0 aliphatic carbocycles. The molecule has 0 bridgehead atoms. The summed E-state index contributed by atoms with van der Waals surface area (Å²) in [5.74, 6) is 6.62. The summed E-state index contributed by atoms with van der Waals surface area (Å²) in [6.45, 7) is 3.04. The first-order valence-corrected chi connectivity index (χ1v) is 11.3. The number of nitrogen functional groups attached to an aromatic ring is 1. The van der Waals surface area contributed by atoms with Crippen molar-refractivity contribution in [1.29, 1.82) is 0 Å². The predicted octanol–water partition coefficient (Wildman–Crippen LogP) is 3.63. The fourth-order valence-corrected chi connectivity index (χ4v) is 5.75. The van der Waals surface area contributed by atoms with Crippen molar-refractivity contribution >= 4 is 51.0 Å². The van der Waals surface area contributed by atoms with Crippen molar-refractivity contribution in [2.45, 2.75) is 30.8 Å². The summed E-state index contributed by atoms with van der Waals surface area (Å²) in [5, 5.41) is 1.65. The van der Waals surface area contributed by atoms with Crippen LogP contribution < -0.4 is 11.4 Å². The Morgan fingerprint density at radius 1 is 1.41 bits per heavy atom. The monoisotopic (exact) mass is 450 g/mol. The van der Waals surface area contributed by atoms with E-state index >= 15 is 0 Å². The van der Waals surface area contributed by atoms with Gasteiger partial charge in [-0.2, -0.15) is 0 Å². The number of carbonyl (C=O) groups is 1. The number of benzene rings is 1. The van der Waals surface area contributed by atoms with E-state index < -0.39 is 0 Å². The number of nitrogens with two attached hydrogens (primary N) is 1. The molecular weight excluding hydrogens is 432 g/mol. The maximum atomic E-state index is 12.9. The number of hydrogen-bond donors (Lipinski definition) is 1. The molecule has 3 heterocycles. The van der Waals surface area contributed by atoms with Gasteiger partial charge in [0.05, 0.1) is 18.5 Å². The Labute approximate surface area is 180 Å². The number of fused-ring (bicyclic) bond motifs is 3. The molecule has 2 aromatic heterocycles. The third-order valence-corrected chi connectivity index (χ3v) is 7.20. The van der Waals surface area contributed by atoms with Crippen LogP contribution in [0.2, 0.25) is 5.02 Å². The molecule has 2 N–H and O–H groups in total. The van der Waals surface area contributed by atoms with Gasteiger partial charge in [-0.15, -0.1) is 11.3 Å². The van der Waals surface area contributed by atoms with Crippen LogP contribution in [0.15, 0.2) is 34.2 Å². The second kappa shape index (κ2) is 8.25. The van der Waals surface area contributed by atoms with Crippen LogP contribution in [0.5, 0.6) is 0 Å². The zero-order chi connectivity index (χ0) is 20.5. The highest BCUT2D eigenvalue weighted by atomic mass is 35.5. The van der Waals surface area contributed by atoms with Gasteiger partial charge in [-0.1, -0.05) is 41.6 Å². The van der Waals surface area contributed by atoms with Crippen LogP contribution in [0.4, 0.5) is 4.79 Å². The molecule has 7 nitrogen and oxygen atoms in total. The maximum absolute atomic E-state index is 12.9. The molecular formula is C19H19ClN4O3S2. The minimum Gasteiger partial charge on any atom is -0.450 e. The van der Waals surface area contributed by atoms with Crippen molar-refractivity contribution in [1.82, 2.24) is 14.6 Å². The predicted molar refractivity (Wildman–Crippen MR) is 116 cm³/mol. The molecule has 1 aliphatic heterocycles. The molecule has 10 heteroatoms. The number of amides is 1. The van der Waals surface area contributed by atoms with Crippen LogP contribution in [0.3, 0.4) is 0 Å². The summed E-state index contributed by atoms with van der Waals surface area (Å²) in [7, 11) is 0. The highest BCUT2D eigenvalue weighted by Crippen LogP contribution is 2.34. The third kappa shape index (κ3) is 3.82. The molecule has 4 rings (SSSR count). The standard InChI is InChI=1S/C19H19ClN4O3S2/c1-2-27-19(26)23-8-7-12-14(9-23)29-16-15(12)17(25)24(21)18(22-16)28-10-11-5-3-4-6-13(11)20/h3-6H,2,7-10,21H2,1H3. The maximum Gasteiger partial charge on any atom is 0.410 e. The molecule has 1 amide bonds. The molecule has 1 aliphatic rings. The van der Waals surface area contributed by atoms with E-state index in [1.807, 2.05) is 24.3 Å². The van der Waals surface area contributed by atoms with Gasteiger partial charge >= 0.3 is 6.09 Å². The molecule has 29 heavy (non-hydrogen) atoms. The van der Waals surface area contributed by atoms with Gasteiger partial charge in [-0.25, -0.2) is 14.5 Å².